The highest BCUT2D eigenvalue weighted by Crippen LogP contribution is 2.10. The molecule has 2 N–H and O–H groups in total. The number of aliphatic carboxylic acids is 1. The van der Waals surface area contributed by atoms with Crippen molar-refractivity contribution in [2.24, 2.45) is 0 Å². The third-order valence-corrected chi connectivity index (χ3v) is 2.41. The Balaban J connectivity index is 2.53. The fourth-order valence-corrected chi connectivity index (χ4v) is 1.38. The molecule has 1 unspecified atom stereocenters. The number of nitrogens with one attached hydrogen (secondary N) is 1. The van der Waals surface area contributed by atoms with Crippen LogP contribution in [0.5, 0.6) is 0 Å². The number of hydrogen-bond donors (Lipinski definition) is 2. The Kier molecular flexibility index (Phi) is 5.37. The molecule has 0 aromatic heterocycles. The molecule has 0 heterocycles. The summed E-state index contributed by atoms with van der Waals surface area (Å²) in [5, 5.41) is 11.0. The summed E-state index contributed by atoms with van der Waals surface area (Å²) in [5.41, 5.74) is 0.0307. The van der Waals surface area contributed by atoms with Gasteiger partial charge in [-0.1, -0.05) is 6.07 Å². The minimum absolute atomic E-state index is 0.0307. The van der Waals surface area contributed by atoms with E-state index in [9.17, 15) is 18.4 Å². The number of carboxylic acid groups (broad SMARTS) is 1. The zero-order valence-electron chi connectivity index (χ0n) is 10.2. The molecule has 0 fully saturated rings. The van der Waals surface area contributed by atoms with Crippen molar-refractivity contribution in [1.29, 1.82) is 0 Å². The van der Waals surface area contributed by atoms with E-state index in [4.69, 9.17) is 5.11 Å². The van der Waals surface area contributed by atoms with Gasteiger partial charge in [0.15, 0.2) is 6.10 Å². The van der Waals surface area contributed by atoms with Crippen molar-refractivity contribution in [2.75, 3.05) is 13.7 Å². The van der Waals surface area contributed by atoms with Crippen LogP contribution in [-0.2, 0) is 20.7 Å². The molecule has 0 bridgehead atoms. The number of halogens is 2. The van der Waals surface area contributed by atoms with E-state index < -0.39 is 29.6 Å². The van der Waals surface area contributed by atoms with Gasteiger partial charge in [0.05, 0.1) is 13.0 Å². The number of carboxylic acids is 1. The van der Waals surface area contributed by atoms with Crippen LogP contribution in [0.4, 0.5) is 8.78 Å². The summed E-state index contributed by atoms with van der Waals surface area (Å²) in [6, 6.07) is 2.88. The standard InChI is InChI=1S/C12H13F2NO4/c1-19-10(12(17)18)6-15-11(16)4-7-2-3-8(13)5-9(7)14/h2-3,5,10H,4,6H2,1H3,(H,15,16)(H,17,18). The van der Waals surface area contributed by atoms with Crippen molar-refractivity contribution < 1.29 is 28.2 Å². The molecule has 104 valence electrons. The fraction of sp³-hybridized carbons (Fsp3) is 0.333. The molecule has 5 nitrogen and oxygen atoms in total. The van der Waals surface area contributed by atoms with Gasteiger partial charge in [0, 0.05) is 13.2 Å². The summed E-state index contributed by atoms with van der Waals surface area (Å²) in [5.74, 6) is -3.34. The number of carbonyl (C=O) groups is 2. The van der Waals surface area contributed by atoms with Crippen LogP contribution < -0.4 is 5.32 Å². The van der Waals surface area contributed by atoms with Crippen LogP contribution in [0.3, 0.4) is 0 Å². The van der Waals surface area contributed by atoms with Crippen LogP contribution >= 0.6 is 0 Å². The molecule has 1 aromatic rings. The lowest BCUT2D eigenvalue weighted by atomic mass is 10.1. The molecule has 0 saturated carbocycles. The molecule has 0 spiro atoms. The summed E-state index contributed by atoms with van der Waals surface area (Å²) < 4.78 is 30.5. The normalized spacial score (nSPS) is 11.9. The lowest BCUT2D eigenvalue weighted by molar-refractivity contribution is -0.148. The highest BCUT2D eigenvalue weighted by Gasteiger charge is 2.17. The van der Waals surface area contributed by atoms with Gasteiger partial charge in [-0.15, -0.1) is 0 Å². The number of hydrogen-bond acceptors (Lipinski definition) is 3. The molecule has 0 aliphatic rings. The molecule has 0 radical (unpaired) electrons. The van der Waals surface area contributed by atoms with Gasteiger partial charge in [0.2, 0.25) is 5.91 Å². The van der Waals surface area contributed by atoms with Gasteiger partial charge >= 0.3 is 5.97 Å². The van der Waals surface area contributed by atoms with E-state index in [0.29, 0.717) is 6.07 Å². The van der Waals surface area contributed by atoms with E-state index in [2.05, 4.69) is 10.1 Å². The van der Waals surface area contributed by atoms with Crippen molar-refractivity contribution in [3.8, 4) is 0 Å². The minimum atomic E-state index is -1.21. The Morgan fingerprint density at radius 2 is 2.11 bits per heavy atom. The predicted molar refractivity (Wildman–Crippen MR) is 61.5 cm³/mol. The van der Waals surface area contributed by atoms with Crippen LogP contribution in [0.2, 0.25) is 0 Å². The molecule has 7 heteroatoms. The highest BCUT2D eigenvalue weighted by molar-refractivity contribution is 5.80. The zero-order chi connectivity index (χ0) is 14.4. The van der Waals surface area contributed by atoms with Crippen LogP contribution in [0.1, 0.15) is 5.56 Å². The van der Waals surface area contributed by atoms with Gasteiger partial charge in [-0.2, -0.15) is 0 Å². The predicted octanol–water partition coefficient (Wildman–Crippen LogP) is 0.723. The number of rotatable bonds is 6. The molecule has 19 heavy (non-hydrogen) atoms. The van der Waals surface area contributed by atoms with Gasteiger partial charge in [-0.25, -0.2) is 13.6 Å². The largest absolute Gasteiger partial charge is 0.479 e. The van der Waals surface area contributed by atoms with E-state index in [1.807, 2.05) is 0 Å². The SMILES string of the molecule is COC(CNC(=O)Cc1ccc(F)cc1F)C(=O)O. The number of methoxy groups -OCH3 is 1. The molecular weight excluding hydrogens is 260 g/mol. The average molecular weight is 273 g/mol. The number of ether oxygens (including phenoxy) is 1. The lowest BCUT2D eigenvalue weighted by Gasteiger charge is -2.11. The molecular formula is C12H13F2NO4. The summed E-state index contributed by atoms with van der Waals surface area (Å²) in [6.07, 6.45) is -1.47. The van der Waals surface area contributed by atoms with E-state index in [0.717, 1.165) is 12.1 Å². The molecule has 0 aliphatic carbocycles. The zero-order valence-corrected chi connectivity index (χ0v) is 10.2. The molecule has 1 rings (SSSR count). The molecule has 1 atom stereocenters. The summed E-state index contributed by atoms with van der Waals surface area (Å²) in [6.45, 7) is -0.229. The lowest BCUT2D eigenvalue weighted by Crippen LogP contribution is -2.38. The molecule has 1 amide bonds. The Morgan fingerprint density at radius 1 is 1.42 bits per heavy atom. The van der Waals surface area contributed by atoms with Gasteiger partial charge < -0.3 is 15.2 Å². The highest BCUT2D eigenvalue weighted by atomic mass is 19.1. The third kappa shape index (κ3) is 4.63. The maximum absolute atomic E-state index is 13.3. The average Bonchev–Trinajstić information content (AvgIpc) is 2.33. The van der Waals surface area contributed by atoms with Gasteiger partial charge in [0.1, 0.15) is 11.6 Å². The van der Waals surface area contributed by atoms with Gasteiger partial charge in [-0.3, -0.25) is 4.79 Å². The van der Waals surface area contributed by atoms with Crippen LogP contribution in [0, 0.1) is 11.6 Å². The van der Waals surface area contributed by atoms with E-state index in [1.165, 1.54) is 7.11 Å². The van der Waals surface area contributed by atoms with Crippen molar-refractivity contribution in [2.45, 2.75) is 12.5 Å². The summed E-state index contributed by atoms with van der Waals surface area (Å²) in [7, 11) is 1.20. The summed E-state index contributed by atoms with van der Waals surface area (Å²) >= 11 is 0. The maximum atomic E-state index is 13.3. The second-order valence-electron chi connectivity index (χ2n) is 3.78. The topological polar surface area (TPSA) is 75.6 Å². The first kappa shape index (κ1) is 15.0. The Hall–Kier alpha value is -2.02. The van der Waals surface area contributed by atoms with E-state index >= 15 is 0 Å². The molecule has 0 aliphatic heterocycles. The first-order valence-corrected chi connectivity index (χ1v) is 5.40. The van der Waals surface area contributed by atoms with Crippen molar-refractivity contribution in [1.82, 2.24) is 5.32 Å². The Labute approximate surface area is 108 Å². The molecule has 0 saturated heterocycles. The van der Waals surface area contributed by atoms with Crippen molar-refractivity contribution in [3.05, 3.63) is 35.4 Å². The Morgan fingerprint density at radius 3 is 2.63 bits per heavy atom. The number of benzene rings is 1. The summed E-state index contributed by atoms with van der Waals surface area (Å²) in [4.78, 5) is 22.1. The smallest absolute Gasteiger partial charge is 0.334 e. The van der Waals surface area contributed by atoms with Crippen molar-refractivity contribution in [3.63, 3.8) is 0 Å². The van der Waals surface area contributed by atoms with Crippen LogP contribution in [-0.4, -0.2) is 36.7 Å². The monoisotopic (exact) mass is 273 g/mol. The second-order valence-corrected chi connectivity index (χ2v) is 3.78. The third-order valence-electron chi connectivity index (χ3n) is 2.41. The number of carbonyl (C=O) groups excluding carboxylic acids is 1. The maximum Gasteiger partial charge on any atom is 0.334 e. The van der Waals surface area contributed by atoms with E-state index in [1.54, 1.807) is 0 Å². The van der Waals surface area contributed by atoms with Gasteiger partial charge in [0.25, 0.3) is 0 Å². The fourth-order valence-electron chi connectivity index (χ4n) is 1.38. The van der Waals surface area contributed by atoms with E-state index in [-0.39, 0.29) is 18.5 Å². The minimum Gasteiger partial charge on any atom is -0.479 e. The first-order valence-electron chi connectivity index (χ1n) is 5.40. The van der Waals surface area contributed by atoms with Crippen LogP contribution in [0.25, 0.3) is 0 Å². The van der Waals surface area contributed by atoms with Gasteiger partial charge in [-0.05, 0) is 11.6 Å². The molecule has 1 aromatic carbocycles. The van der Waals surface area contributed by atoms with Crippen LogP contribution in [0.15, 0.2) is 18.2 Å². The Bertz CT molecular complexity index is 479. The first-order chi connectivity index (χ1) is 8.93. The second kappa shape index (κ2) is 6.79. The quantitative estimate of drug-likeness (QED) is 0.801. The number of amides is 1. The van der Waals surface area contributed by atoms with Crippen molar-refractivity contribution >= 4 is 11.9 Å².